The molecule has 1 atom stereocenters. The number of hydrogen-bond acceptors (Lipinski definition) is 2. The molecule has 3 nitrogen and oxygen atoms in total. The third kappa shape index (κ3) is 3.72. The number of benzene rings is 1. The normalized spacial score (nSPS) is 23.9. The van der Waals surface area contributed by atoms with Gasteiger partial charge in [0.15, 0.2) is 0 Å². The van der Waals surface area contributed by atoms with Crippen LogP contribution in [0.15, 0.2) is 24.3 Å². The Labute approximate surface area is 143 Å². The standard InChI is InChI=1S/C19H26ClNO2/c20-17-7-3-5-15(11-17)12-19(8-1-2-9-19)18(23)21-10-4-6-16(13-21)14-22/h3,5,7,11,16,22H,1-2,4,6,8-10,12-14H2. The van der Waals surface area contributed by atoms with Crippen LogP contribution >= 0.6 is 11.6 Å². The van der Waals surface area contributed by atoms with Gasteiger partial charge < -0.3 is 10.0 Å². The molecule has 1 aromatic carbocycles. The third-order valence-electron chi connectivity index (χ3n) is 5.51. The Kier molecular flexibility index (Phi) is 5.27. The van der Waals surface area contributed by atoms with E-state index < -0.39 is 0 Å². The van der Waals surface area contributed by atoms with E-state index in [0.717, 1.165) is 62.1 Å². The van der Waals surface area contributed by atoms with Gasteiger partial charge in [0.05, 0.1) is 5.41 Å². The Balaban J connectivity index is 1.78. The molecule has 1 aliphatic heterocycles. The minimum absolute atomic E-state index is 0.186. The molecule has 1 saturated heterocycles. The lowest BCUT2D eigenvalue weighted by atomic mass is 9.78. The van der Waals surface area contributed by atoms with Gasteiger partial charge in [-0.3, -0.25) is 4.79 Å². The molecule has 0 bridgehead atoms. The highest BCUT2D eigenvalue weighted by molar-refractivity contribution is 6.30. The van der Waals surface area contributed by atoms with Crippen LogP contribution in [0, 0.1) is 11.3 Å². The quantitative estimate of drug-likeness (QED) is 0.912. The van der Waals surface area contributed by atoms with Crippen molar-refractivity contribution in [1.82, 2.24) is 4.90 Å². The topological polar surface area (TPSA) is 40.5 Å². The lowest BCUT2D eigenvalue weighted by Crippen LogP contribution is -2.48. The van der Waals surface area contributed by atoms with Crippen molar-refractivity contribution in [1.29, 1.82) is 0 Å². The van der Waals surface area contributed by atoms with Crippen molar-refractivity contribution in [2.75, 3.05) is 19.7 Å². The van der Waals surface area contributed by atoms with Gasteiger partial charge in [0.25, 0.3) is 0 Å². The highest BCUT2D eigenvalue weighted by atomic mass is 35.5. The van der Waals surface area contributed by atoms with Crippen LogP contribution in [0.1, 0.15) is 44.1 Å². The van der Waals surface area contributed by atoms with Crippen LogP contribution < -0.4 is 0 Å². The van der Waals surface area contributed by atoms with E-state index >= 15 is 0 Å². The third-order valence-corrected chi connectivity index (χ3v) is 5.75. The monoisotopic (exact) mass is 335 g/mol. The Morgan fingerprint density at radius 1 is 1.30 bits per heavy atom. The zero-order valence-corrected chi connectivity index (χ0v) is 14.4. The fraction of sp³-hybridized carbons (Fsp3) is 0.632. The molecule has 3 rings (SSSR count). The second-order valence-electron chi connectivity index (χ2n) is 7.24. The maximum Gasteiger partial charge on any atom is 0.229 e. The molecule has 0 radical (unpaired) electrons. The summed E-state index contributed by atoms with van der Waals surface area (Å²) >= 11 is 6.12. The van der Waals surface area contributed by atoms with E-state index in [1.807, 2.05) is 23.1 Å². The predicted octanol–water partition coefficient (Wildman–Crippen LogP) is 3.67. The first-order valence-electron chi connectivity index (χ1n) is 8.78. The predicted molar refractivity (Wildman–Crippen MR) is 92.4 cm³/mol. The highest BCUT2D eigenvalue weighted by Crippen LogP contribution is 2.43. The van der Waals surface area contributed by atoms with Crippen LogP contribution in [0.4, 0.5) is 0 Å². The SMILES string of the molecule is O=C(N1CCCC(CO)C1)C1(Cc2cccc(Cl)c2)CCCC1. The number of carbonyl (C=O) groups excluding carboxylic acids is 1. The summed E-state index contributed by atoms with van der Waals surface area (Å²) in [6.45, 7) is 1.74. The number of hydrogen-bond donors (Lipinski definition) is 1. The lowest BCUT2D eigenvalue weighted by molar-refractivity contribution is -0.144. The molecule has 1 N–H and O–H groups in total. The summed E-state index contributed by atoms with van der Waals surface area (Å²) < 4.78 is 0. The summed E-state index contributed by atoms with van der Waals surface area (Å²) in [5.41, 5.74) is 0.894. The lowest BCUT2D eigenvalue weighted by Gasteiger charge is -2.39. The number of aliphatic hydroxyl groups excluding tert-OH is 1. The Hall–Kier alpha value is -1.06. The zero-order chi connectivity index (χ0) is 16.3. The summed E-state index contributed by atoms with van der Waals surface area (Å²) in [6, 6.07) is 7.91. The summed E-state index contributed by atoms with van der Waals surface area (Å²) in [4.78, 5) is 15.3. The first-order chi connectivity index (χ1) is 11.1. The van der Waals surface area contributed by atoms with Crippen molar-refractivity contribution in [3.8, 4) is 0 Å². The smallest absolute Gasteiger partial charge is 0.229 e. The molecule has 1 unspecified atom stereocenters. The van der Waals surface area contributed by atoms with Gasteiger partial charge in [-0.25, -0.2) is 0 Å². The Morgan fingerprint density at radius 2 is 2.09 bits per heavy atom. The fourth-order valence-corrected chi connectivity index (χ4v) is 4.50. The number of piperidine rings is 1. The molecule has 1 saturated carbocycles. The van der Waals surface area contributed by atoms with Gasteiger partial charge in [0.1, 0.15) is 0 Å². The highest BCUT2D eigenvalue weighted by Gasteiger charge is 2.44. The molecule has 0 spiro atoms. The van der Waals surface area contributed by atoms with Gasteiger partial charge in [-0.1, -0.05) is 36.6 Å². The average molecular weight is 336 g/mol. The van der Waals surface area contributed by atoms with E-state index in [1.165, 1.54) is 0 Å². The summed E-state index contributed by atoms with van der Waals surface area (Å²) in [5, 5.41) is 10.2. The van der Waals surface area contributed by atoms with Crippen molar-refractivity contribution in [3.63, 3.8) is 0 Å². The summed E-state index contributed by atoms with van der Waals surface area (Å²) in [6.07, 6.45) is 7.02. The first kappa shape index (κ1) is 16.8. The Morgan fingerprint density at radius 3 is 2.78 bits per heavy atom. The Bertz CT molecular complexity index is 554. The zero-order valence-electron chi connectivity index (χ0n) is 13.6. The van der Waals surface area contributed by atoms with Crippen molar-refractivity contribution in [2.24, 2.45) is 11.3 Å². The van der Waals surface area contributed by atoms with Gasteiger partial charge in [0, 0.05) is 24.7 Å². The van der Waals surface area contributed by atoms with Crippen LogP contribution in [-0.4, -0.2) is 35.6 Å². The number of aliphatic hydroxyl groups is 1. The van der Waals surface area contributed by atoms with E-state index in [1.54, 1.807) is 0 Å². The van der Waals surface area contributed by atoms with Gasteiger partial charge in [-0.15, -0.1) is 0 Å². The molecule has 1 amide bonds. The molecule has 4 heteroatoms. The molecule has 1 aliphatic carbocycles. The molecule has 1 aromatic rings. The fourth-order valence-electron chi connectivity index (χ4n) is 4.29. The van der Waals surface area contributed by atoms with E-state index in [9.17, 15) is 9.90 Å². The van der Waals surface area contributed by atoms with E-state index in [0.29, 0.717) is 12.5 Å². The van der Waals surface area contributed by atoms with Crippen LogP contribution in [0.2, 0.25) is 5.02 Å². The maximum absolute atomic E-state index is 13.3. The number of rotatable bonds is 4. The molecule has 2 fully saturated rings. The first-order valence-corrected chi connectivity index (χ1v) is 9.15. The molecule has 126 valence electrons. The second kappa shape index (κ2) is 7.23. The number of halogens is 1. The van der Waals surface area contributed by atoms with Crippen molar-refractivity contribution in [3.05, 3.63) is 34.9 Å². The number of likely N-dealkylation sites (tertiary alicyclic amines) is 1. The number of nitrogens with zero attached hydrogens (tertiary/aromatic N) is 1. The van der Waals surface area contributed by atoms with Crippen LogP contribution in [-0.2, 0) is 11.2 Å². The largest absolute Gasteiger partial charge is 0.396 e. The van der Waals surface area contributed by atoms with E-state index in [-0.39, 0.29) is 17.9 Å². The minimum atomic E-state index is -0.262. The summed E-state index contributed by atoms with van der Waals surface area (Å²) in [7, 11) is 0. The van der Waals surface area contributed by atoms with Crippen LogP contribution in [0.3, 0.4) is 0 Å². The number of carbonyl (C=O) groups is 1. The number of amides is 1. The van der Waals surface area contributed by atoms with Crippen molar-refractivity contribution >= 4 is 17.5 Å². The average Bonchev–Trinajstić information content (AvgIpc) is 3.04. The van der Waals surface area contributed by atoms with Gasteiger partial charge in [0.2, 0.25) is 5.91 Å². The van der Waals surface area contributed by atoms with Gasteiger partial charge in [-0.2, -0.15) is 0 Å². The van der Waals surface area contributed by atoms with E-state index in [2.05, 4.69) is 6.07 Å². The van der Waals surface area contributed by atoms with Crippen molar-refractivity contribution in [2.45, 2.75) is 44.9 Å². The molecule has 2 aliphatic rings. The van der Waals surface area contributed by atoms with Crippen molar-refractivity contribution < 1.29 is 9.90 Å². The van der Waals surface area contributed by atoms with Gasteiger partial charge >= 0.3 is 0 Å². The molecular weight excluding hydrogens is 310 g/mol. The van der Waals surface area contributed by atoms with E-state index in [4.69, 9.17) is 11.6 Å². The summed E-state index contributed by atoms with van der Waals surface area (Å²) in [5.74, 6) is 0.547. The minimum Gasteiger partial charge on any atom is -0.396 e. The molecule has 23 heavy (non-hydrogen) atoms. The van der Waals surface area contributed by atoms with Gasteiger partial charge in [-0.05, 0) is 55.7 Å². The van der Waals surface area contributed by atoms with Crippen LogP contribution in [0.25, 0.3) is 0 Å². The molecule has 1 heterocycles. The maximum atomic E-state index is 13.3. The molecular formula is C19H26ClNO2. The van der Waals surface area contributed by atoms with Crippen LogP contribution in [0.5, 0.6) is 0 Å². The second-order valence-corrected chi connectivity index (χ2v) is 7.67. The molecule has 0 aromatic heterocycles.